The van der Waals surface area contributed by atoms with Gasteiger partial charge in [0.25, 0.3) is 0 Å². The first kappa shape index (κ1) is 20.9. The van der Waals surface area contributed by atoms with Crippen LogP contribution in [0.25, 0.3) is 0 Å². The Bertz CT molecular complexity index is 1230. The van der Waals surface area contributed by atoms with Gasteiger partial charge in [-0.2, -0.15) is 5.26 Å². The van der Waals surface area contributed by atoms with E-state index in [9.17, 15) is 14.9 Å². The number of para-hydroxylation sites is 1. The molecule has 0 spiro atoms. The number of methoxy groups -OCH3 is 1. The van der Waals surface area contributed by atoms with E-state index in [1.165, 1.54) is 0 Å². The van der Waals surface area contributed by atoms with Crippen LogP contribution in [0, 0.1) is 11.3 Å². The minimum absolute atomic E-state index is 0.0594. The van der Waals surface area contributed by atoms with Gasteiger partial charge in [-0.3, -0.25) is 9.59 Å². The zero-order valence-electron chi connectivity index (χ0n) is 17.4. The number of nitrogens with zero attached hydrogens (tertiary/aromatic N) is 2. The Balaban J connectivity index is 1.67. The second kappa shape index (κ2) is 8.82. The second-order valence-corrected chi connectivity index (χ2v) is 7.43. The lowest BCUT2D eigenvalue weighted by molar-refractivity contribution is -0.117. The van der Waals surface area contributed by atoms with Crippen molar-refractivity contribution in [3.8, 4) is 23.3 Å². The molecule has 0 radical (unpaired) electrons. The van der Waals surface area contributed by atoms with Gasteiger partial charge in [0, 0.05) is 41.8 Å². The summed E-state index contributed by atoms with van der Waals surface area (Å²) in [6.07, 6.45) is 0.281. The Hall–Kier alpha value is -4.31. The molecule has 0 aromatic heterocycles. The van der Waals surface area contributed by atoms with E-state index in [0.29, 0.717) is 40.6 Å². The molecule has 4 rings (SSSR count). The van der Waals surface area contributed by atoms with Gasteiger partial charge in [0.1, 0.15) is 23.3 Å². The zero-order valence-corrected chi connectivity index (χ0v) is 17.4. The number of rotatable bonds is 6. The molecule has 0 aliphatic carbocycles. The number of nitrogens with two attached hydrogens (primary N) is 1. The van der Waals surface area contributed by atoms with Crippen LogP contribution in [0.1, 0.15) is 33.8 Å². The van der Waals surface area contributed by atoms with Crippen LogP contribution in [0.2, 0.25) is 0 Å². The van der Waals surface area contributed by atoms with E-state index in [0.717, 1.165) is 5.56 Å². The lowest BCUT2D eigenvalue weighted by atomic mass is 9.97. The van der Waals surface area contributed by atoms with E-state index in [-0.39, 0.29) is 18.2 Å². The van der Waals surface area contributed by atoms with Gasteiger partial charge < -0.3 is 20.1 Å². The summed E-state index contributed by atoms with van der Waals surface area (Å²) in [7, 11) is 1.56. The second-order valence-electron chi connectivity index (χ2n) is 7.43. The highest BCUT2D eigenvalue weighted by Gasteiger charge is 2.33. The Morgan fingerprint density at radius 2 is 1.91 bits per heavy atom. The molecule has 160 valence electrons. The van der Waals surface area contributed by atoms with Crippen LogP contribution in [0.4, 0.5) is 5.69 Å². The minimum atomic E-state index is -0.544. The van der Waals surface area contributed by atoms with Gasteiger partial charge in [-0.25, -0.2) is 0 Å². The summed E-state index contributed by atoms with van der Waals surface area (Å²) in [5.74, 6) is 0.814. The third kappa shape index (κ3) is 4.12. The van der Waals surface area contributed by atoms with E-state index >= 15 is 0 Å². The molecule has 3 aromatic rings. The van der Waals surface area contributed by atoms with Gasteiger partial charge in [-0.05, 0) is 36.4 Å². The molecule has 1 aliphatic heterocycles. The topological polar surface area (TPSA) is 106 Å². The Morgan fingerprint density at radius 3 is 2.66 bits per heavy atom. The summed E-state index contributed by atoms with van der Waals surface area (Å²) in [5.41, 5.74) is 7.60. The number of carbonyl (C=O) groups is 2. The average Bonchev–Trinajstić information content (AvgIpc) is 3.20. The number of hydrogen-bond donors (Lipinski definition) is 1. The molecular formula is C25H21N3O4. The maximum Gasteiger partial charge on any atom is 0.248 e. The van der Waals surface area contributed by atoms with Gasteiger partial charge in [0.2, 0.25) is 11.8 Å². The van der Waals surface area contributed by atoms with Gasteiger partial charge in [0.05, 0.1) is 12.7 Å². The quantitative estimate of drug-likeness (QED) is 0.641. The predicted molar refractivity (Wildman–Crippen MR) is 119 cm³/mol. The van der Waals surface area contributed by atoms with Gasteiger partial charge >= 0.3 is 0 Å². The molecule has 3 aromatic carbocycles. The van der Waals surface area contributed by atoms with Crippen LogP contribution in [0.5, 0.6) is 17.2 Å². The number of nitriles is 1. The molecule has 32 heavy (non-hydrogen) atoms. The fourth-order valence-electron chi connectivity index (χ4n) is 3.83. The molecular weight excluding hydrogens is 406 g/mol. The molecule has 7 nitrogen and oxygen atoms in total. The van der Waals surface area contributed by atoms with Crippen LogP contribution in [0.3, 0.4) is 0 Å². The fraction of sp³-hybridized carbons (Fsp3) is 0.160. The minimum Gasteiger partial charge on any atom is -0.497 e. The molecule has 1 fully saturated rings. The Morgan fingerprint density at radius 1 is 1.09 bits per heavy atom. The number of benzene rings is 3. The van der Waals surface area contributed by atoms with Crippen LogP contribution in [-0.2, 0) is 4.79 Å². The monoisotopic (exact) mass is 427 g/mol. The van der Waals surface area contributed by atoms with Crippen molar-refractivity contribution in [2.24, 2.45) is 5.73 Å². The van der Waals surface area contributed by atoms with Crippen molar-refractivity contribution in [2.45, 2.75) is 12.3 Å². The molecule has 2 N–H and O–H groups in total. The largest absolute Gasteiger partial charge is 0.497 e. The maximum absolute atomic E-state index is 12.8. The van der Waals surface area contributed by atoms with E-state index in [1.54, 1.807) is 66.6 Å². The van der Waals surface area contributed by atoms with Crippen LogP contribution < -0.4 is 20.1 Å². The van der Waals surface area contributed by atoms with E-state index in [1.807, 2.05) is 12.1 Å². The molecule has 1 heterocycles. The Kier molecular flexibility index (Phi) is 5.77. The summed E-state index contributed by atoms with van der Waals surface area (Å²) in [6.45, 7) is 0.420. The molecule has 1 aliphatic rings. The molecule has 7 heteroatoms. The normalized spacial score (nSPS) is 15.3. The standard InChI is InChI=1S/C25H21N3O4/c1-31-20-9-10-21(23(13-20)32-22-8-3-2-5-17(22)14-26)18-12-24(29)28(15-18)19-7-4-6-16(11-19)25(27)30/h2-11,13,18H,12,15H2,1H3,(H2,27,30). The number of primary amides is 1. The van der Waals surface area contributed by atoms with Crippen molar-refractivity contribution in [3.05, 3.63) is 83.4 Å². The number of ether oxygens (including phenoxy) is 2. The molecule has 1 saturated heterocycles. The van der Waals surface area contributed by atoms with Crippen molar-refractivity contribution >= 4 is 17.5 Å². The van der Waals surface area contributed by atoms with Gasteiger partial charge in [-0.1, -0.05) is 24.3 Å². The Labute approximate surface area is 185 Å². The van der Waals surface area contributed by atoms with Crippen LogP contribution in [0.15, 0.2) is 66.7 Å². The summed E-state index contributed by atoms with van der Waals surface area (Å²) in [4.78, 5) is 26.0. The van der Waals surface area contributed by atoms with E-state index in [2.05, 4.69) is 6.07 Å². The van der Waals surface area contributed by atoms with Crippen LogP contribution >= 0.6 is 0 Å². The SMILES string of the molecule is COc1ccc(C2CC(=O)N(c3cccc(C(N)=O)c3)C2)c(Oc2ccccc2C#N)c1. The van der Waals surface area contributed by atoms with Crippen molar-refractivity contribution in [3.63, 3.8) is 0 Å². The first-order valence-electron chi connectivity index (χ1n) is 10.1. The highest BCUT2D eigenvalue weighted by molar-refractivity contribution is 5.99. The highest BCUT2D eigenvalue weighted by Crippen LogP contribution is 2.40. The summed E-state index contributed by atoms with van der Waals surface area (Å²) in [5, 5.41) is 9.40. The lowest BCUT2D eigenvalue weighted by Gasteiger charge is -2.19. The van der Waals surface area contributed by atoms with Gasteiger partial charge in [-0.15, -0.1) is 0 Å². The summed E-state index contributed by atoms with van der Waals surface area (Å²) < 4.78 is 11.5. The van der Waals surface area contributed by atoms with Crippen molar-refractivity contribution in [1.29, 1.82) is 5.26 Å². The molecule has 0 bridgehead atoms. The van der Waals surface area contributed by atoms with Crippen LogP contribution in [-0.4, -0.2) is 25.5 Å². The average molecular weight is 427 g/mol. The number of hydrogen-bond acceptors (Lipinski definition) is 5. The smallest absolute Gasteiger partial charge is 0.248 e. The van der Waals surface area contributed by atoms with Crippen molar-refractivity contribution < 1.29 is 19.1 Å². The van der Waals surface area contributed by atoms with E-state index in [4.69, 9.17) is 15.2 Å². The first-order valence-corrected chi connectivity index (χ1v) is 10.1. The fourth-order valence-corrected chi connectivity index (χ4v) is 3.83. The maximum atomic E-state index is 12.8. The predicted octanol–water partition coefficient (Wildman–Crippen LogP) is 3.98. The van der Waals surface area contributed by atoms with Crippen molar-refractivity contribution in [1.82, 2.24) is 0 Å². The molecule has 2 amide bonds. The third-order valence-electron chi connectivity index (χ3n) is 5.46. The summed E-state index contributed by atoms with van der Waals surface area (Å²) >= 11 is 0. The van der Waals surface area contributed by atoms with Gasteiger partial charge in [0.15, 0.2) is 0 Å². The molecule has 1 atom stereocenters. The number of carbonyl (C=O) groups excluding carboxylic acids is 2. The number of amides is 2. The zero-order chi connectivity index (χ0) is 22.7. The van der Waals surface area contributed by atoms with Crippen molar-refractivity contribution in [2.75, 3.05) is 18.6 Å². The molecule has 0 saturated carbocycles. The highest BCUT2D eigenvalue weighted by atomic mass is 16.5. The number of anilines is 1. The lowest BCUT2D eigenvalue weighted by Crippen LogP contribution is -2.24. The molecule has 1 unspecified atom stereocenters. The first-order chi connectivity index (χ1) is 15.5. The summed E-state index contributed by atoms with van der Waals surface area (Å²) in [6, 6.07) is 21.3. The third-order valence-corrected chi connectivity index (χ3v) is 5.46. The van der Waals surface area contributed by atoms with E-state index < -0.39 is 5.91 Å².